The first-order valence-corrected chi connectivity index (χ1v) is 10.4. The standard InChI is InChI=1S/C21H21N5OS/c27-20(17-15-26-18-6-1-2-7-19(18)28-21(26)23-17)25-10-4-9-24(11-12-25)14-16-5-3-8-22-13-16/h1-3,5-8,13,15H,4,9-12,14H2. The average molecular weight is 392 g/mol. The summed E-state index contributed by atoms with van der Waals surface area (Å²) in [6.45, 7) is 4.23. The van der Waals surface area contributed by atoms with Crippen LogP contribution in [-0.2, 0) is 6.54 Å². The number of benzene rings is 1. The Morgan fingerprint density at radius 2 is 2.00 bits per heavy atom. The number of para-hydroxylation sites is 1. The van der Waals surface area contributed by atoms with E-state index in [9.17, 15) is 4.79 Å². The second kappa shape index (κ2) is 7.33. The highest BCUT2D eigenvalue weighted by atomic mass is 32.1. The molecule has 6 nitrogen and oxygen atoms in total. The smallest absolute Gasteiger partial charge is 0.274 e. The summed E-state index contributed by atoms with van der Waals surface area (Å²) in [6, 6.07) is 12.3. The van der Waals surface area contributed by atoms with E-state index < -0.39 is 0 Å². The van der Waals surface area contributed by atoms with Crippen LogP contribution in [0.3, 0.4) is 0 Å². The van der Waals surface area contributed by atoms with Gasteiger partial charge >= 0.3 is 0 Å². The zero-order valence-corrected chi connectivity index (χ0v) is 16.3. The average Bonchev–Trinajstić information content (AvgIpc) is 3.19. The van der Waals surface area contributed by atoms with Gasteiger partial charge in [-0.25, -0.2) is 4.98 Å². The van der Waals surface area contributed by atoms with Crippen LogP contribution in [0.1, 0.15) is 22.5 Å². The van der Waals surface area contributed by atoms with Gasteiger partial charge < -0.3 is 4.90 Å². The van der Waals surface area contributed by atoms with Gasteiger partial charge in [0.2, 0.25) is 0 Å². The summed E-state index contributed by atoms with van der Waals surface area (Å²) in [5.41, 5.74) is 2.86. The van der Waals surface area contributed by atoms with Crippen LogP contribution in [0.15, 0.2) is 55.0 Å². The van der Waals surface area contributed by atoms with Gasteiger partial charge in [0.1, 0.15) is 5.69 Å². The summed E-state index contributed by atoms with van der Waals surface area (Å²) >= 11 is 1.62. The van der Waals surface area contributed by atoms with E-state index in [0.717, 1.165) is 49.6 Å². The van der Waals surface area contributed by atoms with Crippen LogP contribution < -0.4 is 0 Å². The number of amides is 1. The van der Waals surface area contributed by atoms with E-state index in [1.807, 2.05) is 39.9 Å². The maximum atomic E-state index is 13.0. The molecule has 1 aliphatic rings. The van der Waals surface area contributed by atoms with E-state index in [4.69, 9.17) is 0 Å². The molecule has 4 aromatic rings. The molecule has 7 heteroatoms. The van der Waals surface area contributed by atoms with Crippen molar-refractivity contribution in [3.8, 4) is 0 Å². The number of thiazole rings is 1. The number of rotatable bonds is 3. The largest absolute Gasteiger partial charge is 0.336 e. The number of carbonyl (C=O) groups is 1. The fourth-order valence-corrected chi connectivity index (χ4v) is 4.80. The van der Waals surface area contributed by atoms with E-state index >= 15 is 0 Å². The molecule has 0 unspecified atom stereocenters. The fourth-order valence-electron chi connectivity index (χ4n) is 3.80. The number of imidazole rings is 1. The molecule has 0 atom stereocenters. The molecule has 0 radical (unpaired) electrons. The Balaban J connectivity index is 1.30. The monoisotopic (exact) mass is 391 g/mol. The summed E-state index contributed by atoms with van der Waals surface area (Å²) < 4.78 is 3.21. The predicted molar refractivity (Wildman–Crippen MR) is 111 cm³/mol. The van der Waals surface area contributed by atoms with Crippen LogP contribution in [0.25, 0.3) is 15.2 Å². The molecule has 0 spiro atoms. The zero-order valence-electron chi connectivity index (χ0n) is 15.5. The Morgan fingerprint density at radius 1 is 1.07 bits per heavy atom. The molecule has 1 saturated heterocycles. The number of hydrogen-bond donors (Lipinski definition) is 0. The van der Waals surface area contributed by atoms with Gasteiger partial charge in [0.25, 0.3) is 5.91 Å². The van der Waals surface area contributed by atoms with Gasteiger partial charge in [-0.2, -0.15) is 0 Å². The summed E-state index contributed by atoms with van der Waals surface area (Å²) in [6.07, 6.45) is 6.56. The van der Waals surface area contributed by atoms with Crippen molar-refractivity contribution in [2.75, 3.05) is 26.2 Å². The fraction of sp³-hybridized carbons (Fsp3) is 0.286. The van der Waals surface area contributed by atoms with Gasteiger partial charge in [0.05, 0.1) is 10.2 Å². The highest BCUT2D eigenvalue weighted by molar-refractivity contribution is 7.23. The molecule has 142 valence electrons. The lowest BCUT2D eigenvalue weighted by Gasteiger charge is -2.21. The van der Waals surface area contributed by atoms with Crippen molar-refractivity contribution in [1.82, 2.24) is 24.2 Å². The lowest BCUT2D eigenvalue weighted by Crippen LogP contribution is -2.35. The van der Waals surface area contributed by atoms with Crippen molar-refractivity contribution in [3.05, 3.63) is 66.2 Å². The number of pyridine rings is 1. The molecule has 0 bridgehead atoms. The third-order valence-electron chi connectivity index (χ3n) is 5.22. The molecular formula is C21H21N5OS. The van der Waals surface area contributed by atoms with Crippen molar-refractivity contribution in [2.24, 2.45) is 0 Å². The minimum absolute atomic E-state index is 0.0307. The zero-order chi connectivity index (χ0) is 18.9. The minimum atomic E-state index is 0.0307. The van der Waals surface area contributed by atoms with E-state index in [1.165, 1.54) is 10.3 Å². The van der Waals surface area contributed by atoms with Gasteiger partial charge in [-0.15, -0.1) is 0 Å². The first kappa shape index (κ1) is 17.3. The second-order valence-corrected chi connectivity index (χ2v) is 8.14. The van der Waals surface area contributed by atoms with Gasteiger partial charge in [-0.1, -0.05) is 29.5 Å². The summed E-state index contributed by atoms with van der Waals surface area (Å²) in [7, 11) is 0. The number of aromatic nitrogens is 3. The molecule has 0 saturated carbocycles. The Morgan fingerprint density at radius 3 is 2.89 bits per heavy atom. The number of nitrogens with zero attached hydrogens (tertiary/aromatic N) is 5. The lowest BCUT2D eigenvalue weighted by molar-refractivity contribution is 0.0756. The number of hydrogen-bond acceptors (Lipinski definition) is 5. The van der Waals surface area contributed by atoms with Crippen LogP contribution in [0.4, 0.5) is 0 Å². The highest BCUT2D eigenvalue weighted by Gasteiger charge is 2.23. The molecule has 0 N–H and O–H groups in total. The van der Waals surface area contributed by atoms with Crippen LogP contribution in [0.5, 0.6) is 0 Å². The van der Waals surface area contributed by atoms with Crippen LogP contribution in [0.2, 0.25) is 0 Å². The molecule has 1 amide bonds. The number of fused-ring (bicyclic) bond motifs is 3. The van der Waals surface area contributed by atoms with E-state index in [1.54, 1.807) is 17.5 Å². The molecule has 4 heterocycles. The van der Waals surface area contributed by atoms with Gasteiger partial charge in [-0.05, 0) is 30.2 Å². The Bertz CT molecular complexity index is 1120. The predicted octanol–water partition coefficient (Wildman–Crippen LogP) is 3.29. The van der Waals surface area contributed by atoms with Crippen LogP contribution in [0, 0.1) is 0 Å². The molecule has 3 aromatic heterocycles. The van der Waals surface area contributed by atoms with Crippen LogP contribution in [-0.4, -0.2) is 56.3 Å². The van der Waals surface area contributed by atoms with Crippen molar-refractivity contribution < 1.29 is 4.79 Å². The molecule has 0 aliphatic carbocycles. The minimum Gasteiger partial charge on any atom is -0.336 e. The maximum absolute atomic E-state index is 13.0. The third-order valence-corrected chi connectivity index (χ3v) is 6.26. The normalized spacial score (nSPS) is 15.9. The molecule has 28 heavy (non-hydrogen) atoms. The van der Waals surface area contributed by atoms with E-state index in [0.29, 0.717) is 5.69 Å². The Kier molecular flexibility index (Phi) is 4.54. The van der Waals surface area contributed by atoms with Crippen molar-refractivity contribution in [1.29, 1.82) is 0 Å². The molecule has 1 aliphatic heterocycles. The summed E-state index contributed by atoms with van der Waals surface area (Å²) in [4.78, 5) is 27.1. The molecule has 1 fully saturated rings. The SMILES string of the molecule is O=C(c1cn2c(n1)sc1ccccc12)N1CCCN(Cc2cccnc2)CC1. The Labute approximate surface area is 167 Å². The third kappa shape index (κ3) is 3.27. The highest BCUT2D eigenvalue weighted by Crippen LogP contribution is 2.26. The van der Waals surface area contributed by atoms with Gasteiger partial charge in [0.15, 0.2) is 4.96 Å². The number of carbonyl (C=O) groups excluding carboxylic acids is 1. The van der Waals surface area contributed by atoms with Crippen molar-refractivity contribution in [3.63, 3.8) is 0 Å². The first-order chi connectivity index (χ1) is 13.8. The summed E-state index contributed by atoms with van der Waals surface area (Å²) in [5, 5.41) is 0. The summed E-state index contributed by atoms with van der Waals surface area (Å²) in [5.74, 6) is 0.0307. The molecular weight excluding hydrogens is 370 g/mol. The van der Waals surface area contributed by atoms with Crippen LogP contribution >= 0.6 is 11.3 Å². The van der Waals surface area contributed by atoms with E-state index in [-0.39, 0.29) is 5.91 Å². The molecule has 5 rings (SSSR count). The lowest BCUT2D eigenvalue weighted by atomic mass is 10.2. The van der Waals surface area contributed by atoms with Crippen molar-refractivity contribution >= 4 is 32.4 Å². The van der Waals surface area contributed by atoms with E-state index in [2.05, 4.69) is 33.1 Å². The quantitative estimate of drug-likeness (QED) is 0.538. The first-order valence-electron chi connectivity index (χ1n) is 9.55. The maximum Gasteiger partial charge on any atom is 0.274 e. The topological polar surface area (TPSA) is 53.7 Å². The molecule has 1 aromatic carbocycles. The van der Waals surface area contributed by atoms with Crippen molar-refractivity contribution in [2.45, 2.75) is 13.0 Å². The van der Waals surface area contributed by atoms with Gasteiger partial charge in [0, 0.05) is 51.3 Å². The van der Waals surface area contributed by atoms with Gasteiger partial charge in [-0.3, -0.25) is 19.1 Å². The Hall–Kier alpha value is -2.77. The second-order valence-electron chi connectivity index (χ2n) is 7.13.